The molecule has 2 heterocycles. The maximum atomic E-state index is 13.2. The topological polar surface area (TPSA) is 154 Å². The molecular formula is C30H34N2O9. The third-order valence-corrected chi connectivity index (χ3v) is 6.79. The minimum absolute atomic E-state index is 0.00480. The molecule has 0 saturated carbocycles. The predicted octanol–water partition coefficient (Wildman–Crippen LogP) is 3.20. The van der Waals surface area contributed by atoms with Gasteiger partial charge in [-0.1, -0.05) is 37.3 Å². The van der Waals surface area contributed by atoms with Gasteiger partial charge >= 0.3 is 23.9 Å². The lowest BCUT2D eigenvalue weighted by molar-refractivity contribution is -0.141. The zero-order chi connectivity index (χ0) is 29.9. The van der Waals surface area contributed by atoms with E-state index in [4.69, 9.17) is 18.9 Å². The van der Waals surface area contributed by atoms with Gasteiger partial charge in [0.05, 0.1) is 39.9 Å². The molecule has 11 nitrogen and oxygen atoms in total. The molecule has 0 amide bonds. The second kappa shape index (κ2) is 14.6. The van der Waals surface area contributed by atoms with Crippen molar-refractivity contribution in [1.29, 1.82) is 0 Å². The van der Waals surface area contributed by atoms with Crippen LogP contribution in [0.25, 0.3) is 0 Å². The maximum Gasteiger partial charge on any atom is 0.355 e. The smallest absolute Gasteiger partial charge is 0.355 e. The van der Waals surface area contributed by atoms with Crippen LogP contribution in [0, 0.1) is 0 Å². The molecule has 2 aromatic heterocycles. The number of aldehydes is 1. The van der Waals surface area contributed by atoms with Crippen LogP contribution in [-0.2, 0) is 72.0 Å². The van der Waals surface area contributed by atoms with Crippen molar-refractivity contribution in [2.24, 2.45) is 0 Å². The van der Waals surface area contributed by atoms with Crippen LogP contribution in [0.2, 0.25) is 0 Å². The summed E-state index contributed by atoms with van der Waals surface area (Å²) in [6, 6.07) is 9.24. The van der Waals surface area contributed by atoms with E-state index in [1.165, 1.54) is 21.3 Å². The van der Waals surface area contributed by atoms with Crippen molar-refractivity contribution in [3.8, 4) is 0 Å². The van der Waals surface area contributed by atoms with E-state index in [9.17, 15) is 24.0 Å². The number of rotatable bonds is 14. The normalized spacial score (nSPS) is 10.6. The number of aromatic amines is 2. The highest BCUT2D eigenvalue weighted by atomic mass is 16.5. The second-order valence-corrected chi connectivity index (χ2v) is 9.20. The third-order valence-electron chi connectivity index (χ3n) is 6.79. The van der Waals surface area contributed by atoms with E-state index in [1.807, 2.05) is 37.3 Å². The molecule has 0 spiro atoms. The molecule has 0 aliphatic carbocycles. The Morgan fingerprint density at radius 1 is 0.780 bits per heavy atom. The summed E-state index contributed by atoms with van der Waals surface area (Å²) in [6.07, 6.45) is 1.04. The maximum absolute atomic E-state index is 13.2. The minimum atomic E-state index is -0.583. The Morgan fingerprint density at radius 3 is 1.98 bits per heavy atom. The number of carbonyl (C=O) groups excluding carboxylic acids is 5. The van der Waals surface area contributed by atoms with Crippen molar-refractivity contribution < 1.29 is 42.9 Å². The Kier molecular flexibility index (Phi) is 11.0. The van der Waals surface area contributed by atoms with E-state index in [1.54, 1.807) is 0 Å². The molecule has 11 heteroatoms. The first-order chi connectivity index (χ1) is 19.8. The van der Waals surface area contributed by atoms with Gasteiger partial charge in [-0.3, -0.25) is 19.2 Å². The van der Waals surface area contributed by atoms with Crippen LogP contribution in [0.3, 0.4) is 0 Å². The van der Waals surface area contributed by atoms with E-state index >= 15 is 0 Å². The molecule has 0 aliphatic rings. The van der Waals surface area contributed by atoms with Gasteiger partial charge in [-0.2, -0.15) is 0 Å². The lowest BCUT2D eigenvalue weighted by Crippen LogP contribution is -2.10. The quantitative estimate of drug-likeness (QED) is 0.170. The Labute approximate surface area is 237 Å². The van der Waals surface area contributed by atoms with Crippen molar-refractivity contribution in [3.63, 3.8) is 0 Å². The van der Waals surface area contributed by atoms with E-state index < -0.39 is 23.9 Å². The van der Waals surface area contributed by atoms with Gasteiger partial charge in [0.15, 0.2) is 6.29 Å². The number of esters is 4. The van der Waals surface area contributed by atoms with Gasteiger partial charge in [-0.05, 0) is 40.7 Å². The van der Waals surface area contributed by atoms with Gasteiger partial charge in [-0.25, -0.2) is 4.79 Å². The summed E-state index contributed by atoms with van der Waals surface area (Å²) in [5, 5.41) is 0. The monoisotopic (exact) mass is 566 g/mol. The Morgan fingerprint density at radius 2 is 1.39 bits per heavy atom. The molecule has 0 atom stereocenters. The van der Waals surface area contributed by atoms with E-state index in [0.29, 0.717) is 46.3 Å². The van der Waals surface area contributed by atoms with Crippen LogP contribution in [0.5, 0.6) is 0 Å². The SMILES string of the molecule is CCc1c(C(=O)OCc2ccccc2)[nH]c(Cc2[nH]c(C=O)c(CC(=O)OC)c2CCC(=O)OC)c1CC(=O)OC. The summed E-state index contributed by atoms with van der Waals surface area (Å²) >= 11 is 0. The summed E-state index contributed by atoms with van der Waals surface area (Å²) in [4.78, 5) is 67.8. The molecule has 0 unspecified atom stereocenters. The molecule has 0 fully saturated rings. The number of H-pyrrole nitrogens is 2. The summed E-state index contributed by atoms with van der Waals surface area (Å²) in [5.74, 6) is -2.10. The Hall–Kier alpha value is -4.67. The van der Waals surface area contributed by atoms with Gasteiger partial charge in [-0.15, -0.1) is 0 Å². The van der Waals surface area contributed by atoms with Gasteiger partial charge in [0.25, 0.3) is 0 Å². The fourth-order valence-corrected chi connectivity index (χ4v) is 4.71. The highest BCUT2D eigenvalue weighted by Crippen LogP contribution is 2.28. The molecule has 3 aromatic rings. The molecule has 0 saturated heterocycles. The highest BCUT2D eigenvalue weighted by Gasteiger charge is 2.27. The standard InChI is InChI=1S/C30H34N2O9/c1-5-19-21(13-27(35)39-3)24(32-29(19)30(37)41-17-18-9-7-6-8-10-18)15-23-20(11-12-26(34)38-2)22(14-28(36)40-4)25(16-33)31-23/h6-10,16,31-32H,5,11-15,17H2,1-4H3. The number of nitrogens with one attached hydrogen (secondary N) is 2. The van der Waals surface area contributed by atoms with Gasteiger partial charge in [0.1, 0.15) is 12.3 Å². The molecule has 3 rings (SSSR count). The zero-order valence-electron chi connectivity index (χ0n) is 23.6. The first kappa shape index (κ1) is 30.9. The Bertz CT molecular complexity index is 1400. The summed E-state index contributed by atoms with van der Waals surface area (Å²) in [6.45, 7) is 1.93. The molecule has 1 aromatic carbocycles. The van der Waals surface area contributed by atoms with Gasteiger partial charge < -0.3 is 28.9 Å². The van der Waals surface area contributed by atoms with Crippen LogP contribution in [0.4, 0.5) is 0 Å². The zero-order valence-corrected chi connectivity index (χ0v) is 23.6. The lowest BCUT2D eigenvalue weighted by Gasteiger charge is -2.09. The number of ether oxygens (including phenoxy) is 4. The van der Waals surface area contributed by atoms with Crippen LogP contribution < -0.4 is 0 Å². The number of hydrogen-bond donors (Lipinski definition) is 2. The van der Waals surface area contributed by atoms with Crippen molar-refractivity contribution in [3.05, 3.63) is 80.9 Å². The fraction of sp³-hybridized carbons (Fsp3) is 0.367. The molecule has 0 radical (unpaired) electrons. The Balaban J connectivity index is 2.06. The average Bonchev–Trinajstić information content (AvgIpc) is 3.51. The first-order valence-corrected chi connectivity index (χ1v) is 13.1. The number of hydrogen-bond acceptors (Lipinski definition) is 9. The second-order valence-electron chi connectivity index (χ2n) is 9.20. The highest BCUT2D eigenvalue weighted by molar-refractivity contribution is 5.91. The van der Waals surface area contributed by atoms with Crippen molar-refractivity contribution in [2.45, 2.75) is 52.1 Å². The van der Waals surface area contributed by atoms with Gasteiger partial charge in [0.2, 0.25) is 0 Å². The third kappa shape index (κ3) is 7.71. The molecule has 41 heavy (non-hydrogen) atoms. The largest absolute Gasteiger partial charge is 0.469 e. The number of aromatic nitrogens is 2. The fourth-order valence-electron chi connectivity index (χ4n) is 4.71. The van der Waals surface area contributed by atoms with Crippen molar-refractivity contribution in [1.82, 2.24) is 9.97 Å². The molecule has 218 valence electrons. The van der Waals surface area contributed by atoms with E-state index in [-0.39, 0.29) is 50.1 Å². The van der Waals surface area contributed by atoms with E-state index in [0.717, 1.165) is 5.56 Å². The first-order valence-electron chi connectivity index (χ1n) is 13.1. The number of carbonyl (C=O) groups is 5. The van der Waals surface area contributed by atoms with Crippen LogP contribution in [-0.4, -0.2) is 61.5 Å². The summed E-state index contributed by atoms with van der Waals surface area (Å²) < 4.78 is 20.0. The van der Waals surface area contributed by atoms with Crippen LogP contribution >= 0.6 is 0 Å². The van der Waals surface area contributed by atoms with E-state index in [2.05, 4.69) is 9.97 Å². The summed E-state index contributed by atoms with van der Waals surface area (Å²) in [5.41, 5.74) is 4.43. The molecular weight excluding hydrogens is 532 g/mol. The van der Waals surface area contributed by atoms with Crippen molar-refractivity contribution >= 4 is 30.2 Å². The average molecular weight is 567 g/mol. The molecule has 0 aliphatic heterocycles. The minimum Gasteiger partial charge on any atom is -0.469 e. The van der Waals surface area contributed by atoms with Crippen LogP contribution in [0.1, 0.15) is 73.5 Å². The molecule has 2 N–H and O–H groups in total. The molecule has 0 bridgehead atoms. The van der Waals surface area contributed by atoms with Gasteiger partial charge in [0, 0.05) is 24.2 Å². The lowest BCUT2D eigenvalue weighted by atomic mass is 9.96. The van der Waals surface area contributed by atoms with Crippen molar-refractivity contribution in [2.75, 3.05) is 21.3 Å². The predicted molar refractivity (Wildman–Crippen MR) is 146 cm³/mol. The summed E-state index contributed by atoms with van der Waals surface area (Å²) in [7, 11) is 3.79. The number of benzene rings is 1. The van der Waals surface area contributed by atoms with Crippen LogP contribution in [0.15, 0.2) is 30.3 Å². The number of methoxy groups -OCH3 is 3.